The minimum absolute atomic E-state index is 0.221. The van der Waals surface area contributed by atoms with Crippen LogP contribution in [0.15, 0.2) is 22.7 Å². The topological polar surface area (TPSA) is 59.1 Å². The Morgan fingerprint density at radius 1 is 1.42 bits per heavy atom. The molecule has 0 radical (unpaired) electrons. The Morgan fingerprint density at radius 2 is 2.11 bits per heavy atom. The molecule has 5 heteroatoms. The van der Waals surface area contributed by atoms with Crippen molar-refractivity contribution in [2.24, 2.45) is 11.1 Å². The van der Waals surface area contributed by atoms with Crippen LogP contribution in [-0.2, 0) is 0 Å². The average molecular weight is 348 g/mol. The molecule has 0 saturated carbocycles. The molecule has 1 aromatic rings. The molecule has 0 aliphatic rings. The lowest BCUT2D eigenvalue weighted by Gasteiger charge is -2.22. The molecule has 3 nitrogen and oxygen atoms in total. The van der Waals surface area contributed by atoms with Crippen molar-refractivity contribution >= 4 is 33.4 Å². The summed E-state index contributed by atoms with van der Waals surface area (Å²) in [6.45, 7) is 4.63. The Balaban J connectivity index is 2.30. The van der Waals surface area contributed by atoms with Crippen LogP contribution in [0.3, 0.4) is 0 Å². The molecule has 0 aliphatic carbocycles. The first-order chi connectivity index (χ1) is 8.83. The van der Waals surface area contributed by atoms with Gasteiger partial charge in [-0.1, -0.05) is 25.4 Å². The highest BCUT2D eigenvalue weighted by atomic mass is 79.9. The summed E-state index contributed by atoms with van der Waals surface area (Å²) in [5.41, 5.74) is 5.32. The first-order valence-electron chi connectivity index (χ1n) is 6.25. The van der Waals surface area contributed by atoms with Crippen LogP contribution in [-0.4, -0.2) is 12.4 Å². The minimum atomic E-state index is -0.221. The molecule has 1 rings (SSSR count). The van der Waals surface area contributed by atoms with Gasteiger partial charge < -0.3 is 10.5 Å². The quantitative estimate of drug-likeness (QED) is 0.430. The zero-order valence-corrected chi connectivity index (χ0v) is 13.6. The molecule has 1 aromatic carbocycles. The predicted octanol–water partition coefficient (Wildman–Crippen LogP) is 4.61. The fraction of sp³-hybridized carbons (Fsp3) is 0.500. The molecule has 0 atom stereocenters. The molecule has 0 aromatic heterocycles. The summed E-state index contributed by atoms with van der Waals surface area (Å²) in [7, 11) is 0. The average Bonchev–Trinajstić information content (AvgIpc) is 2.31. The number of amidine groups is 1. The Morgan fingerprint density at radius 3 is 2.68 bits per heavy atom. The van der Waals surface area contributed by atoms with Crippen LogP contribution in [0, 0.1) is 10.8 Å². The van der Waals surface area contributed by atoms with Gasteiger partial charge in [0.15, 0.2) is 0 Å². The van der Waals surface area contributed by atoms with Crippen LogP contribution >= 0.6 is 27.5 Å². The van der Waals surface area contributed by atoms with E-state index in [9.17, 15) is 0 Å². The number of unbranched alkanes of at least 4 members (excludes halogenated alkanes) is 1. The first kappa shape index (κ1) is 16.3. The van der Waals surface area contributed by atoms with E-state index in [1.165, 1.54) is 0 Å². The van der Waals surface area contributed by atoms with Gasteiger partial charge in [-0.05, 0) is 53.4 Å². The van der Waals surface area contributed by atoms with Crippen LogP contribution in [0.5, 0.6) is 5.75 Å². The molecule has 0 unspecified atom stereocenters. The fourth-order valence-electron chi connectivity index (χ4n) is 1.58. The molecule has 0 spiro atoms. The molecule has 0 aliphatic heterocycles. The summed E-state index contributed by atoms with van der Waals surface area (Å²) in [5, 5.41) is 8.17. The highest BCUT2D eigenvalue weighted by Crippen LogP contribution is 2.28. The molecule has 19 heavy (non-hydrogen) atoms. The van der Waals surface area contributed by atoms with Gasteiger partial charge in [-0.2, -0.15) is 0 Å². The summed E-state index contributed by atoms with van der Waals surface area (Å²) >= 11 is 9.28. The van der Waals surface area contributed by atoms with E-state index in [1.54, 1.807) is 6.07 Å². The second-order valence-electron chi connectivity index (χ2n) is 5.18. The van der Waals surface area contributed by atoms with Gasteiger partial charge in [0, 0.05) is 10.4 Å². The Bertz CT molecular complexity index is 449. The van der Waals surface area contributed by atoms with Gasteiger partial charge >= 0.3 is 0 Å². The minimum Gasteiger partial charge on any atom is -0.492 e. The van der Waals surface area contributed by atoms with Crippen molar-refractivity contribution in [1.82, 2.24) is 0 Å². The van der Waals surface area contributed by atoms with E-state index in [0.717, 1.165) is 29.5 Å². The molecular weight excluding hydrogens is 328 g/mol. The Labute approximate surface area is 128 Å². The number of rotatable bonds is 7. The summed E-state index contributed by atoms with van der Waals surface area (Å²) in [4.78, 5) is 0. The maximum Gasteiger partial charge on any atom is 0.133 e. The highest BCUT2D eigenvalue weighted by molar-refractivity contribution is 9.10. The molecule has 0 saturated heterocycles. The SMILES string of the molecule is CC(C)(CCCCOc1ccc(Cl)cc1Br)C(=N)N. The van der Waals surface area contributed by atoms with Crippen LogP contribution in [0.2, 0.25) is 5.02 Å². The zero-order valence-electron chi connectivity index (χ0n) is 11.3. The molecule has 0 bridgehead atoms. The van der Waals surface area contributed by atoms with E-state index >= 15 is 0 Å². The number of ether oxygens (including phenoxy) is 1. The Hall–Kier alpha value is -0.740. The molecule has 3 N–H and O–H groups in total. The van der Waals surface area contributed by atoms with Crippen LogP contribution in [0.4, 0.5) is 0 Å². The molecule has 0 fully saturated rings. The van der Waals surface area contributed by atoms with E-state index in [-0.39, 0.29) is 11.3 Å². The number of halogens is 2. The van der Waals surface area contributed by atoms with Gasteiger partial charge in [0.1, 0.15) is 5.75 Å². The van der Waals surface area contributed by atoms with Gasteiger partial charge in [0.25, 0.3) is 0 Å². The number of benzene rings is 1. The summed E-state index contributed by atoms with van der Waals surface area (Å²) in [6, 6.07) is 5.47. The van der Waals surface area contributed by atoms with Gasteiger partial charge in [0.05, 0.1) is 16.9 Å². The standard InChI is InChI=1S/C14H20BrClN2O/c1-14(2,13(17)18)7-3-4-8-19-12-6-5-10(16)9-11(12)15/h5-6,9H,3-4,7-8H2,1-2H3,(H3,17,18). The summed E-state index contributed by atoms with van der Waals surface area (Å²) < 4.78 is 6.54. The monoisotopic (exact) mass is 346 g/mol. The molecule has 0 heterocycles. The number of nitrogens with one attached hydrogen (secondary N) is 1. The van der Waals surface area contributed by atoms with Crippen molar-refractivity contribution < 1.29 is 4.74 Å². The smallest absolute Gasteiger partial charge is 0.133 e. The maximum absolute atomic E-state index is 7.49. The van der Waals surface area contributed by atoms with E-state index < -0.39 is 0 Å². The first-order valence-corrected chi connectivity index (χ1v) is 7.42. The second-order valence-corrected chi connectivity index (χ2v) is 6.47. The van der Waals surface area contributed by atoms with Crippen molar-refractivity contribution in [1.29, 1.82) is 5.41 Å². The lowest BCUT2D eigenvalue weighted by atomic mass is 9.86. The number of hydrogen-bond acceptors (Lipinski definition) is 2. The van der Waals surface area contributed by atoms with Crippen molar-refractivity contribution in [2.75, 3.05) is 6.61 Å². The van der Waals surface area contributed by atoms with Crippen LogP contribution in [0.1, 0.15) is 33.1 Å². The van der Waals surface area contributed by atoms with Crippen molar-refractivity contribution in [3.8, 4) is 5.75 Å². The highest BCUT2D eigenvalue weighted by Gasteiger charge is 2.20. The van der Waals surface area contributed by atoms with Crippen molar-refractivity contribution in [2.45, 2.75) is 33.1 Å². The number of hydrogen-bond donors (Lipinski definition) is 2. The molecule has 0 amide bonds. The van der Waals surface area contributed by atoms with Gasteiger partial charge in [0.2, 0.25) is 0 Å². The number of nitrogens with two attached hydrogens (primary N) is 1. The largest absolute Gasteiger partial charge is 0.492 e. The maximum atomic E-state index is 7.49. The Kier molecular flexibility index (Phi) is 6.14. The third-order valence-electron chi connectivity index (χ3n) is 3.08. The third-order valence-corrected chi connectivity index (χ3v) is 3.93. The zero-order chi connectivity index (χ0) is 14.5. The second kappa shape index (κ2) is 7.15. The van der Waals surface area contributed by atoms with Gasteiger partial charge in [-0.25, -0.2) is 0 Å². The summed E-state index contributed by atoms with van der Waals surface area (Å²) in [6.07, 6.45) is 2.82. The van der Waals surface area contributed by atoms with Crippen LogP contribution in [0.25, 0.3) is 0 Å². The molecular formula is C14H20BrClN2O. The van der Waals surface area contributed by atoms with Gasteiger partial charge in [-0.15, -0.1) is 0 Å². The van der Waals surface area contributed by atoms with E-state index in [0.29, 0.717) is 11.6 Å². The third kappa shape index (κ3) is 5.41. The van der Waals surface area contributed by atoms with E-state index in [2.05, 4.69) is 15.9 Å². The summed E-state index contributed by atoms with van der Waals surface area (Å²) in [5.74, 6) is 1.05. The van der Waals surface area contributed by atoms with E-state index in [4.69, 9.17) is 27.5 Å². The van der Waals surface area contributed by atoms with Crippen molar-refractivity contribution in [3.05, 3.63) is 27.7 Å². The van der Waals surface area contributed by atoms with Crippen molar-refractivity contribution in [3.63, 3.8) is 0 Å². The van der Waals surface area contributed by atoms with Gasteiger partial charge in [-0.3, -0.25) is 5.41 Å². The fourth-order valence-corrected chi connectivity index (χ4v) is 2.38. The normalized spacial score (nSPS) is 11.4. The lowest BCUT2D eigenvalue weighted by Crippen LogP contribution is -2.30. The van der Waals surface area contributed by atoms with Crippen LogP contribution < -0.4 is 10.5 Å². The predicted molar refractivity (Wildman–Crippen MR) is 84.2 cm³/mol. The van der Waals surface area contributed by atoms with E-state index in [1.807, 2.05) is 26.0 Å². The molecule has 106 valence electrons. The lowest BCUT2D eigenvalue weighted by molar-refractivity contribution is 0.294.